The summed E-state index contributed by atoms with van der Waals surface area (Å²) in [6.45, 7) is 3.80. The Morgan fingerprint density at radius 1 is 1.28 bits per heavy atom. The van der Waals surface area contributed by atoms with Crippen molar-refractivity contribution in [3.8, 4) is 0 Å². The van der Waals surface area contributed by atoms with Crippen LogP contribution < -0.4 is 9.62 Å². The van der Waals surface area contributed by atoms with Gasteiger partial charge in [-0.25, -0.2) is 8.42 Å². The number of nitrogens with one attached hydrogen (secondary N) is 1. The van der Waals surface area contributed by atoms with Crippen LogP contribution in [0.3, 0.4) is 0 Å². The highest BCUT2D eigenvalue weighted by Gasteiger charge is 2.24. The minimum absolute atomic E-state index is 0.102. The molecule has 2 aromatic carbocycles. The van der Waals surface area contributed by atoms with Crippen LogP contribution in [-0.4, -0.2) is 26.6 Å². The van der Waals surface area contributed by atoms with E-state index in [2.05, 4.69) is 4.72 Å². The number of thioether (sulfide) groups is 1. The zero-order valence-corrected chi connectivity index (χ0v) is 16.1. The Balaban J connectivity index is 1.99. The summed E-state index contributed by atoms with van der Waals surface area (Å²) < 4.78 is 28.1. The molecule has 0 aromatic heterocycles. The number of benzene rings is 2. The topological polar surface area (TPSA) is 66.5 Å². The molecule has 2 aromatic rings. The molecular formula is C17H17ClN2O3S2. The standard InChI is InChI=1S/C17H17ClN2O3S2/c1-11-14(18)4-3-5-15(11)19-25(22,23)13-6-7-17-16(10-13)20(12(2)21)8-9-24-17/h3-7,10,19H,8-9H2,1-2H3. The average molecular weight is 397 g/mol. The quantitative estimate of drug-likeness (QED) is 0.854. The Hall–Kier alpha value is -1.70. The van der Waals surface area contributed by atoms with Crippen LogP contribution in [0.5, 0.6) is 0 Å². The number of halogens is 1. The smallest absolute Gasteiger partial charge is 0.261 e. The summed E-state index contributed by atoms with van der Waals surface area (Å²) in [6, 6.07) is 9.90. The van der Waals surface area contributed by atoms with E-state index >= 15 is 0 Å². The molecule has 1 amide bonds. The number of anilines is 2. The zero-order valence-electron chi connectivity index (χ0n) is 13.7. The highest BCUT2D eigenvalue weighted by molar-refractivity contribution is 7.99. The maximum absolute atomic E-state index is 12.8. The predicted molar refractivity (Wildman–Crippen MR) is 102 cm³/mol. The van der Waals surface area contributed by atoms with Gasteiger partial charge in [-0.05, 0) is 42.8 Å². The van der Waals surface area contributed by atoms with E-state index in [4.69, 9.17) is 11.6 Å². The molecule has 0 radical (unpaired) electrons. The molecule has 0 saturated heterocycles. The average Bonchev–Trinajstić information content (AvgIpc) is 2.57. The Bertz CT molecular complexity index is 945. The number of carbonyl (C=O) groups excluding carboxylic acids is 1. The highest BCUT2D eigenvalue weighted by Crippen LogP contribution is 2.37. The summed E-state index contributed by atoms with van der Waals surface area (Å²) >= 11 is 7.67. The molecule has 1 aliphatic rings. The monoisotopic (exact) mass is 396 g/mol. The van der Waals surface area contributed by atoms with E-state index in [0.717, 1.165) is 10.6 Å². The fourth-order valence-corrected chi connectivity index (χ4v) is 4.91. The van der Waals surface area contributed by atoms with Crippen molar-refractivity contribution in [2.45, 2.75) is 23.6 Å². The summed E-state index contributed by atoms with van der Waals surface area (Å²) in [5.74, 6) is 0.688. The van der Waals surface area contributed by atoms with Gasteiger partial charge in [0, 0.05) is 29.1 Å². The molecule has 0 spiro atoms. The van der Waals surface area contributed by atoms with Crippen molar-refractivity contribution >= 4 is 50.7 Å². The molecule has 1 heterocycles. The van der Waals surface area contributed by atoms with Gasteiger partial charge in [-0.15, -0.1) is 11.8 Å². The largest absolute Gasteiger partial charge is 0.311 e. The Labute approximate surface area is 156 Å². The van der Waals surface area contributed by atoms with E-state index in [1.807, 2.05) is 0 Å². The first-order valence-electron chi connectivity index (χ1n) is 7.62. The van der Waals surface area contributed by atoms with E-state index in [1.54, 1.807) is 60.0 Å². The van der Waals surface area contributed by atoms with Gasteiger partial charge in [0.25, 0.3) is 10.0 Å². The molecule has 132 valence electrons. The molecule has 8 heteroatoms. The van der Waals surface area contributed by atoms with E-state index in [-0.39, 0.29) is 10.8 Å². The molecule has 0 fully saturated rings. The lowest BCUT2D eigenvalue weighted by Gasteiger charge is -2.28. The van der Waals surface area contributed by atoms with Gasteiger partial charge in [0.05, 0.1) is 16.3 Å². The van der Waals surface area contributed by atoms with Gasteiger partial charge in [-0.3, -0.25) is 9.52 Å². The van der Waals surface area contributed by atoms with Gasteiger partial charge in [-0.1, -0.05) is 17.7 Å². The van der Waals surface area contributed by atoms with Crippen LogP contribution in [0.4, 0.5) is 11.4 Å². The number of hydrogen-bond donors (Lipinski definition) is 1. The van der Waals surface area contributed by atoms with Gasteiger partial charge < -0.3 is 4.90 Å². The lowest BCUT2D eigenvalue weighted by molar-refractivity contribution is -0.116. The second-order valence-corrected chi connectivity index (χ2v) is 8.89. The van der Waals surface area contributed by atoms with Crippen LogP contribution in [0, 0.1) is 6.92 Å². The minimum Gasteiger partial charge on any atom is -0.311 e. The molecule has 0 unspecified atom stereocenters. The maximum atomic E-state index is 12.8. The lowest BCUT2D eigenvalue weighted by Crippen LogP contribution is -2.33. The molecule has 25 heavy (non-hydrogen) atoms. The van der Waals surface area contributed by atoms with Crippen LogP contribution in [0.25, 0.3) is 0 Å². The third-order valence-electron chi connectivity index (χ3n) is 4.00. The van der Waals surface area contributed by atoms with E-state index < -0.39 is 10.0 Å². The molecule has 1 N–H and O–H groups in total. The minimum atomic E-state index is -3.79. The molecule has 0 saturated carbocycles. The first kappa shape index (κ1) is 18.1. The number of hydrogen-bond acceptors (Lipinski definition) is 4. The Morgan fingerprint density at radius 3 is 2.76 bits per heavy atom. The SMILES string of the molecule is CC(=O)N1CCSc2ccc(S(=O)(=O)Nc3cccc(Cl)c3C)cc21. The summed E-state index contributed by atoms with van der Waals surface area (Å²) in [4.78, 5) is 14.5. The molecule has 0 aliphatic carbocycles. The first-order chi connectivity index (χ1) is 11.8. The van der Waals surface area contributed by atoms with Crippen molar-refractivity contribution in [1.29, 1.82) is 0 Å². The summed E-state index contributed by atoms with van der Waals surface area (Å²) in [6.07, 6.45) is 0. The van der Waals surface area contributed by atoms with Crippen LogP contribution in [-0.2, 0) is 14.8 Å². The van der Waals surface area contributed by atoms with Gasteiger partial charge in [-0.2, -0.15) is 0 Å². The number of fused-ring (bicyclic) bond motifs is 1. The molecule has 0 atom stereocenters. The van der Waals surface area contributed by atoms with Gasteiger partial charge in [0.15, 0.2) is 0 Å². The molecule has 1 aliphatic heterocycles. The van der Waals surface area contributed by atoms with E-state index in [1.165, 1.54) is 6.92 Å². The normalized spacial score (nSPS) is 14.1. The molecular weight excluding hydrogens is 380 g/mol. The summed E-state index contributed by atoms with van der Waals surface area (Å²) in [7, 11) is -3.79. The van der Waals surface area contributed by atoms with E-state index in [0.29, 0.717) is 28.5 Å². The molecule has 3 rings (SSSR count). The Morgan fingerprint density at radius 2 is 2.04 bits per heavy atom. The molecule has 5 nitrogen and oxygen atoms in total. The van der Waals surface area contributed by atoms with Crippen molar-refractivity contribution in [2.75, 3.05) is 21.9 Å². The second kappa shape index (κ2) is 6.90. The second-order valence-electron chi connectivity index (χ2n) is 5.67. The van der Waals surface area contributed by atoms with E-state index in [9.17, 15) is 13.2 Å². The third-order valence-corrected chi connectivity index (χ3v) is 6.81. The lowest BCUT2D eigenvalue weighted by atomic mass is 10.2. The van der Waals surface area contributed by atoms with Crippen LogP contribution in [0.1, 0.15) is 12.5 Å². The molecule has 0 bridgehead atoms. The van der Waals surface area contributed by atoms with Gasteiger partial charge in [0.2, 0.25) is 5.91 Å². The van der Waals surface area contributed by atoms with Gasteiger partial charge >= 0.3 is 0 Å². The zero-order chi connectivity index (χ0) is 18.2. The first-order valence-corrected chi connectivity index (χ1v) is 10.5. The number of carbonyl (C=O) groups is 1. The fraction of sp³-hybridized carbons (Fsp3) is 0.235. The fourth-order valence-electron chi connectivity index (χ4n) is 2.61. The van der Waals surface area contributed by atoms with Crippen molar-refractivity contribution in [2.24, 2.45) is 0 Å². The number of sulfonamides is 1. The van der Waals surface area contributed by atoms with Crippen molar-refractivity contribution in [3.63, 3.8) is 0 Å². The predicted octanol–water partition coefficient (Wildman–Crippen LogP) is 3.91. The van der Waals surface area contributed by atoms with Crippen molar-refractivity contribution in [3.05, 3.63) is 47.0 Å². The summed E-state index contributed by atoms with van der Waals surface area (Å²) in [5.41, 5.74) is 1.73. The maximum Gasteiger partial charge on any atom is 0.261 e. The number of rotatable bonds is 3. The van der Waals surface area contributed by atoms with Crippen molar-refractivity contribution in [1.82, 2.24) is 0 Å². The highest BCUT2D eigenvalue weighted by atomic mass is 35.5. The van der Waals surface area contributed by atoms with Crippen LogP contribution in [0.15, 0.2) is 46.2 Å². The summed E-state index contributed by atoms with van der Waals surface area (Å²) in [5, 5.41) is 0.491. The number of amides is 1. The number of nitrogens with zero attached hydrogens (tertiary/aromatic N) is 1. The third kappa shape index (κ3) is 3.63. The van der Waals surface area contributed by atoms with Gasteiger partial charge in [0.1, 0.15) is 0 Å². The van der Waals surface area contributed by atoms with Crippen molar-refractivity contribution < 1.29 is 13.2 Å². The van der Waals surface area contributed by atoms with Crippen LogP contribution in [0.2, 0.25) is 5.02 Å². The van der Waals surface area contributed by atoms with Crippen LogP contribution >= 0.6 is 23.4 Å². The Kier molecular flexibility index (Phi) is 4.99.